The maximum absolute atomic E-state index is 14.7. The van der Waals surface area contributed by atoms with Gasteiger partial charge in [-0.05, 0) is 98.2 Å². The van der Waals surface area contributed by atoms with Crippen LogP contribution in [-0.4, -0.2) is 117 Å². The number of aromatic nitrogens is 4. The molecule has 0 amide bonds. The third kappa shape index (κ3) is 12.5. The zero-order valence-corrected chi connectivity index (χ0v) is 57.5. The molecule has 6 rings (SSSR count). The van der Waals surface area contributed by atoms with E-state index >= 15 is 0 Å². The molecule has 2 aromatic heterocycles. The molecule has 2 saturated heterocycles. The van der Waals surface area contributed by atoms with Gasteiger partial charge < -0.3 is 38.6 Å². The molecule has 0 radical (unpaired) electrons. The Morgan fingerprint density at radius 1 is 0.537 bits per heavy atom. The van der Waals surface area contributed by atoms with E-state index in [4.69, 9.17) is 47.0 Å². The molecule has 4 aliphatic rings. The molecule has 2 spiro atoms. The SMILES string of the molecule is Cc1cn([C@@H]2O[C@H](CO[Si](C)(C)C(C)(C)C)[C@@]3(OS(=O)(=O)C=C3N)[C@H]2O[Si](C)(C)C(C)(C)C)c(=O)n(CC#CC#CCn2c(=O)c(C)cn([C@H]3O[C@@H](CO[Si](C)(C)C(C)(C)C)[C@]4(OS(=O)(=O)C=C4N)[C@@H]3O[Si](C)(C)C(C)(C)C)c2=O)c1=O. The maximum atomic E-state index is 14.7. The number of nitrogens with zero attached hydrogens (tertiary/aromatic N) is 4. The van der Waals surface area contributed by atoms with E-state index in [-0.39, 0.29) is 45.8 Å². The average molecular weight is 1250 g/mol. The Morgan fingerprint density at radius 3 is 1.09 bits per heavy atom. The molecule has 4 aliphatic heterocycles. The van der Waals surface area contributed by atoms with E-state index in [1.807, 2.05) is 93.9 Å². The zero-order valence-electron chi connectivity index (χ0n) is 51.9. The minimum atomic E-state index is -4.38. The first-order valence-corrected chi connectivity index (χ1v) is 41.9. The summed E-state index contributed by atoms with van der Waals surface area (Å²) in [5.74, 6) is 10.7. The number of aryl methyl sites for hydroxylation is 2. The molecule has 0 aromatic carbocycles. The molecule has 0 saturated carbocycles. The van der Waals surface area contributed by atoms with Crippen molar-refractivity contribution in [1.29, 1.82) is 0 Å². The molecule has 8 atom stereocenters. The lowest BCUT2D eigenvalue weighted by Gasteiger charge is -2.43. The lowest BCUT2D eigenvalue weighted by atomic mass is 9.89. The first-order chi connectivity index (χ1) is 36.9. The molecule has 458 valence electrons. The van der Waals surface area contributed by atoms with Gasteiger partial charge in [-0.25, -0.2) is 27.1 Å². The van der Waals surface area contributed by atoms with Crippen molar-refractivity contribution in [2.75, 3.05) is 13.2 Å². The molecule has 22 nitrogen and oxygen atoms in total. The topological polar surface area (TPSA) is 282 Å². The summed E-state index contributed by atoms with van der Waals surface area (Å²) < 4.78 is 110. The predicted octanol–water partition coefficient (Wildman–Crippen LogP) is 6.07. The van der Waals surface area contributed by atoms with Crippen molar-refractivity contribution in [1.82, 2.24) is 18.3 Å². The van der Waals surface area contributed by atoms with E-state index in [0.717, 1.165) is 29.1 Å². The van der Waals surface area contributed by atoms with Crippen molar-refractivity contribution in [2.24, 2.45) is 11.5 Å². The molecule has 6 heterocycles. The fourth-order valence-corrected chi connectivity index (χ4v) is 15.9. The van der Waals surface area contributed by atoms with Gasteiger partial charge in [0.05, 0.1) is 48.5 Å². The van der Waals surface area contributed by atoms with Crippen LogP contribution in [0.1, 0.15) is 107 Å². The summed E-state index contributed by atoms with van der Waals surface area (Å²) in [5.41, 5.74) is 6.15. The van der Waals surface area contributed by atoms with Gasteiger partial charge in [-0.1, -0.05) is 94.9 Å². The van der Waals surface area contributed by atoms with Crippen LogP contribution in [0.2, 0.25) is 72.5 Å². The smallest absolute Gasteiger partial charge is 0.334 e. The Morgan fingerprint density at radius 2 is 0.829 bits per heavy atom. The minimum Gasteiger partial charge on any atom is -0.414 e. The summed E-state index contributed by atoms with van der Waals surface area (Å²) in [5, 5.41) is 0.274. The Bertz CT molecular complexity index is 3310. The molecule has 28 heteroatoms. The van der Waals surface area contributed by atoms with Crippen LogP contribution in [0, 0.1) is 37.5 Å². The molecule has 0 unspecified atom stereocenters. The lowest BCUT2D eigenvalue weighted by molar-refractivity contribution is -0.0567. The second-order valence-electron chi connectivity index (χ2n) is 28.0. The molecule has 2 aromatic rings. The van der Waals surface area contributed by atoms with Crippen LogP contribution >= 0.6 is 0 Å². The summed E-state index contributed by atoms with van der Waals surface area (Å²) in [7, 11) is -19.6. The van der Waals surface area contributed by atoms with Crippen molar-refractivity contribution in [2.45, 2.75) is 231 Å². The van der Waals surface area contributed by atoms with Crippen LogP contribution in [0.25, 0.3) is 0 Å². The molecule has 0 bridgehead atoms. The zero-order chi connectivity index (χ0) is 62.5. The highest BCUT2D eigenvalue weighted by Crippen LogP contribution is 2.54. The van der Waals surface area contributed by atoms with Crippen molar-refractivity contribution in [3.05, 3.63) is 87.4 Å². The van der Waals surface area contributed by atoms with Crippen LogP contribution in [0.15, 0.2) is 53.8 Å². The monoisotopic (exact) mass is 1250 g/mol. The summed E-state index contributed by atoms with van der Waals surface area (Å²) >= 11 is 0. The summed E-state index contributed by atoms with van der Waals surface area (Å²) in [6, 6.07) is 0. The van der Waals surface area contributed by atoms with Gasteiger partial charge in [-0.15, -0.1) is 0 Å². The minimum absolute atomic E-state index is 0.110. The second kappa shape index (κ2) is 22.1. The summed E-state index contributed by atoms with van der Waals surface area (Å²) in [6.45, 7) is 41.9. The third-order valence-corrected chi connectivity index (χ3v) is 38.1. The Balaban J connectivity index is 1.39. The number of nitrogens with two attached hydrogens (primary N) is 2. The Kier molecular flexibility index (Phi) is 18.1. The molecule has 82 heavy (non-hydrogen) atoms. The van der Waals surface area contributed by atoms with Crippen molar-refractivity contribution in [3.8, 4) is 23.7 Å². The third-order valence-electron chi connectivity index (χ3n) is 18.1. The van der Waals surface area contributed by atoms with Crippen molar-refractivity contribution >= 4 is 53.5 Å². The lowest BCUT2D eigenvalue weighted by Crippen LogP contribution is -2.59. The highest BCUT2D eigenvalue weighted by Gasteiger charge is 2.69. The van der Waals surface area contributed by atoms with Crippen molar-refractivity contribution in [3.63, 3.8) is 0 Å². The normalized spacial score (nSPS) is 26.9. The molecule has 4 N–H and O–H groups in total. The molecule has 0 aliphatic carbocycles. The van der Waals surface area contributed by atoms with Gasteiger partial charge in [-0.3, -0.25) is 18.7 Å². The van der Waals surface area contributed by atoms with Gasteiger partial charge >= 0.3 is 11.4 Å². The standard InChI is InChI=1S/C54H88N6O16S2Si4/c1-35-29-59(45-41(73-81(19,20)51(9,10)11)53(37(55)33-77(65,66)75-53)39(71-45)31-69-79(15,16)49(3,4)5)47(63)57(43(35)61)27-25-23-24-26-28-58-44(62)36(2)30-60(48(58)64)46-42(74-82(21,22)52(12,13)14)54(38(56)34-78(67,68)76-54)40(72-46)32-70-80(17,18)50(6,7)8/h29-30,33-34,39-42,45-46H,27-28,31-32,55-56H2,1-22H3/t39-,40+,41+,42-,45-,46+,53-,54+. The fourth-order valence-electron chi connectivity index (χ4n) is 8.91. The van der Waals surface area contributed by atoms with Gasteiger partial charge in [0.2, 0.25) is 0 Å². The van der Waals surface area contributed by atoms with Crippen LogP contribution in [0.5, 0.6) is 0 Å². The number of rotatable bonds is 14. The summed E-state index contributed by atoms with van der Waals surface area (Å²) in [6.07, 6.45) is -5.25. The molecular weight excluding hydrogens is 1170 g/mol. The van der Waals surface area contributed by atoms with Gasteiger partial charge in [0.15, 0.2) is 56.9 Å². The van der Waals surface area contributed by atoms with Crippen LogP contribution in [-0.2, 0) is 68.9 Å². The highest BCUT2D eigenvalue weighted by molar-refractivity contribution is 7.90. The number of hydrogen-bond donors (Lipinski definition) is 2. The Labute approximate surface area is 488 Å². The first-order valence-electron chi connectivity index (χ1n) is 27.3. The van der Waals surface area contributed by atoms with Crippen molar-refractivity contribution < 1.29 is 52.4 Å². The van der Waals surface area contributed by atoms with E-state index in [2.05, 4.69) is 65.2 Å². The average Bonchev–Trinajstić information content (AvgIpc) is 4.13. The molecular formula is C54H88N6O16S2Si4. The molecule has 2 fully saturated rings. The predicted molar refractivity (Wildman–Crippen MR) is 323 cm³/mol. The van der Waals surface area contributed by atoms with E-state index < -0.39 is 147 Å². The van der Waals surface area contributed by atoms with Gasteiger partial charge in [-0.2, -0.15) is 16.8 Å². The summed E-state index contributed by atoms with van der Waals surface area (Å²) in [4.78, 5) is 57.0. The first kappa shape index (κ1) is 67.1. The van der Waals surface area contributed by atoms with Gasteiger partial charge in [0.25, 0.3) is 31.4 Å². The quantitative estimate of drug-likeness (QED) is 0.123. The van der Waals surface area contributed by atoms with E-state index in [1.165, 1.54) is 26.2 Å². The van der Waals surface area contributed by atoms with Crippen LogP contribution in [0.3, 0.4) is 0 Å². The van der Waals surface area contributed by atoms with Gasteiger partial charge in [0.1, 0.15) is 24.4 Å². The van der Waals surface area contributed by atoms with E-state index in [1.54, 1.807) is 0 Å². The number of hydrogen-bond acceptors (Lipinski definition) is 18. The van der Waals surface area contributed by atoms with Crippen LogP contribution < -0.4 is 34.0 Å². The largest absolute Gasteiger partial charge is 0.414 e. The second-order valence-corrected chi connectivity index (χ2v) is 50.0. The number of ether oxygens (including phenoxy) is 2. The highest BCUT2D eigenvalue weighted by atomic mass is 32.2. The van der Waals surface area contributed by atoms with Crippen LogP contribution in [0.4, 0.5) is 0 Å². The van der Waals surface area contributed by atoms with Gasteiger partial charge in [0, 0.05) is 23.5 Å². The van der Waals surface area contributed by atoms with E-state index in [0.29, 0.717) is 0 Å². The maximum Gasteiger partial charge on any atom is 0.334 e. The fraction of sp³-hybridized carbons (Fsp3) is 0.704. The van der Waals surface area contributed by atoms with E-state index in [9.17, 15) is 36.0 Å². The Hall–Kier alpha value is -3.99.